The number of anilines is 1. The molecule has 2 aromatic carbocycles. The van der Waals surface area contributed by atoms with E-state index in [-0.39, 0.29) is 35.2 Å². The lowest BCUT2D eigenvalue weighted by atomic mass is 9.78. The second kappa shape index (κ2) is 10.8. The SMILES string of the molecule is CC1C=N[N+](CC2(c3cccc(N4Cc5c(cc(CN6CCN(C)C[C@@H]6C(C)C)cc5C(F)(F)F)C4=O)c3)COC2)=N1. The van der Waals surface area contributed by atoms with Crippen LogP contribution in [0.1, 0.15) is 53.4 Å². The molecule has 42 heavy (non-hydrogen) atoms. The molecular formula is C31H38F3N6O2+. The molecule has 0 aliphatic carbocycles. The number of rotatable bonds is 7. The molecule has 0 saturated carbocycles. The zero-order chi connectivity index (χ0) is 29.8. The number of halogens is 3. The van der Waals surface area contributed by atoms with Crippen molar-refractivity contribution in [2.24, 2.45) is 16.1 Å². The molecule has 0 bridgehead atoms. The smallest absolute Gasteiger partial charge is 0.379 e. The number of ether oxygens (including phenoxy) is 1. The van der Waals surface area contributed by atoms with Crippen LogP contribution in [0.25, 0.3) is 0 Å². The first-order valence-corrected chi connectivity index (χ1v) is 14.6. The quantitative estimate of drug-likeness (QED) is 0.441. The summed E-state index contributed by atoms with van der Waals surface area (Å²) in [5.41, 5.74) is 1.15. The van der Waals surface area contributed by atoms with Crippen LogP contribution >= 0.6 is 0 Å². The lowest BCUT2D eigenvalue weighted by molar-refractivity contribution is -0.607. The van der Waals surface area contributed by atoms with E-state index in [1.54, 1.807) is 23.2 Å². The maximum atomic E-state index is 14.4. The third-order valence-electron chi connectivity index (χ3n) is 9.00. The van der Waals surface area contributed by atoms with Gasteiger partial charge in [-0.15, -0.1) is 0 Å². The van der Waals surface area contributed by atoms with Gasteiger partial charge in [-0.05, 0) is 66.0 Å². The van der Waals surface area contributed by atoms with Gasteiger partial charge in [0.1, 0.15) is 11.6 Å². The normalized spacial score (nSPS) is 24.3. The van der Waals surface area contributed by atoms with Crippen LogP contribution in [-0.2, 0) is 29.4 Å². The predicted molar refractivity (Wildman–Crippen MR) is 153 cm³/mol. The number of carbonyl (C=O) groups excluding carboxylic acids is 1. The molecule has 1 amide bonds. The summed E-state index contributed by atoms with van der Waals surface area (Å²) in [7, 11) is 2.07. The molecule has 2 atom stereocenters. The fourth-order valence-electron chi connectivity index (χ4n) is 6.57. The highest BCUT2D eigenvalue weighted by Crippen LogP contribution is 2.41. The van der Waals surface area contributed by atoms with Crippen molar-refractivity contribution in [1.82, 2.24) is 9.80 Å². The Morgan fingerprint density at radius 1 is 1.17 bits per heavy atom. The Bertz CT molecular complexity index is 1430. The average Bonchev–Trinajstić information content (AvgIpc) is 3.48. The van der Waals surface area contributed by atoms with Crippen LogP contribution in [0.4, 0.5) is 18.9 Å². The topological polar surface area (TPSA) is 63.8 Å². The average molecular weight is 584 g/mol. The van der Waals surface area contributed by atoms with Gasteiger partial charge in [0.15, 0.2) is 6.04 Å². The van der Waals surface area contributed by atoms with Gasteiger partial charge in [0.25, 0.3) is 5.91 Å². The van der Waals surface area contributed by atoms with Crippen molar-refractivity contribution in [3.63, 3.8) is 0 Å². The number of likely N-dealkylation sites (N-methyl/N-ethyl adjacent to an activating group) is 1. The number of azo groups is 1. The van der Waals surface area contributed by atoms with E-state index in [2.05, 4.69) is 40.9 Å². The van der Waals surface area contributed by atoms with Crippen LogP contribution in [0, 0.1) is 5.92 Å². The first kappa shape index (κ1) is 28.9. The molecule has 0 aromatic heterocycles. The van der Waals surface area contributed by atoms with Gasteiger partial charge in [0.2, 0.25) is 6.54 Å². The Hall–Kier alpha value is -3.15. The van der Waals surface area contributed by atoms with Crippen LogP contribution in [0.15, 0.2) is 46.6 Å². The lowest BCUT2D eigenvalue weighted by Gasteiger charge is -2.42. The standard InChI is InChI=1S/C31H38F3N6O2/c1-20(2)28-16-37(4)8-9-38(28)14-22-10-25-26(27(11-22)31(32,33)34)15-39(29(25)41)24-7-5-6-23(12-24)30(18-42-19-30)17-40-35-13-21(3)36-40/h5-7,10-13,20-21,28H,8-9,14-19H2,1-4H3/q+1/t21?,28-/m1/s1. The van der Waals surface area contributed by atoms with Crippen LogP contribution in [0.5, 0.6) is 0 Å². The van der Waals surface area contributed by atoms with Gasteiger partial charge in [0, 0.05) is 53.4 Å². The molecule has 4 aliphatic rings. The number of alkyl halides is 3. The maximum Gasteiger partial charge on any atom is 0.416 e. The number of piperazine rings is 1. The van der Waals surface area contributed by atoms with Crippen molar-refractivity contribution in [1.29, 1.82) is 0 Å². The Morgan fingerprint density at radius 2 is 1.95 bits per heavy atom. The summed E-state index contributed by atoms with van der Waals surface area (Å²) in [6.07, 6.45) is -2.79. The van der Waals surface area contributed by atoms with Crippen molar-refractivity contribution in [2.75, 3.05) is 51.3 Å². The van der Waals surface area contributed by atoms with Crippen LogP contribution < -0.4 is 4.90 Å². The van der Waals surface area contributed by atoms with Gasteiger partial charge >= 0.3 is 6.18 Å². The second-order valence-electron chi connectivity index (χ2n) is 12.6. The van der Waals surface area contributed by atoms with Gasteiger partial charge in [-0.1, -0.05) is 26.0 Å². The third kappa shape index (κ3) is 5.38. The molecule has 2 aromatic rings. The van der Waals surface area contributed by atoms with E-state index in [9.17, 15) is 18.0 Å². The molecule has 0 spiro atoms. The summed E-state index contributed by atoms with van der Waals surface area (Å²) in [4.78, 5) is 21.4. The number of hydrogen-bond acceptors (Lipinski definition) is 6. The van der Waals surface area contributed by atoms with Crippen LogP contribution in [0.3, 0.4) is 0 Å². The Morgan fingerprint density at radius 3 is 2.60 bits per heavy atom. The molecule has 4 heterocycles. The Kier molecular flexibility index (Phi) is 7.47. The molecule has 0 N–H and O–H groups in total. The lowest BCUT2D eigenvalue weighted by Crippen LogP contribution is -2.53. The highest BCUT2D eigenvalue weighted by atomic mass is 19.4. The molecular weight excluding hydrogens is 545 g/mol. The van der Waals surface area contributed by atoms with Crippen molar-refractivity contribution in [3.05, 3.63) is 64.2 Å². The number of hydrogen-bond donors (Lipinski definition) is 0. The minimum absolute atomic E-state index is 0.00957. The van der Waals surface area contributed by atoms with Crippen LogP contribution in [-0.4, -0.2) is 85.3 Å². The number of hydrazone groups is 1. The fourth-order valence-corrected chi connectivity index (χ4v) is 6.57. The molecule has 224 valence electrons. The van der Waals surface area contributed by atoms with Crippen molar-refractivity contribution in [2.45, 2.75) is 57.5 Å². The largest absolute Gasteiger partial charge is 0.416 e. The molecule has 2 fully saturated rings. The summed E-state index contributed by atoms with van der Waals surface area (Å²) in [6, 6.07) is 10.7. The van der Waals surface area contributed by atoms with Gasteiger partial charge in [-0.3, -0.25) is 9.69 Å². The van der Waals surface area contributed by atoms with E-state index in [0.29, 0.717) is 43.5 Å². The van der Waals surface area contributed by atoms with Crippen molar-refractivity contribution in [3.8, 4) is 0 Å². The third-order valence-corrected chi connectivity index (χ3v) is 9.00. The number of amides is 1. The first-order valence-electron chi connectivity index (χ1n) is 14.6. The van der Waals surface area contributed by atoms with E-state index < -0.39 is 17.6 Å². The predicted octanol–water partition coefficient (Wildman–Crippen LogP) is 4.76. The Labute approximate surface area is 244 Å². The first-order chi connectivity index (χ1) is 19.9. The van der Waals surface area contributed by atoms with E-state index in [0.717, 1.165) is 25.2 Å². The Balaban J connectivity index is 1.30. The summed E-state index contributed by atoms with van der Waals surface area (Å²) < 4.78 is 48.9. The molecule has 0 radical (unpaired) electrons. The molecule has 4 aliphatic heterocycles. The molecule has 8 nitrogen and oxygen atoms in total. The number of fused-ring (bicyclic) bond motifs is 1. The fraction of sp³-hybridized carbons (Fsp3) is 0.548. The summed E-state index contributed by atoms with van der Waals surface area (Å²) in [5.74, 6) is -0.0486. The van der Waals surface area contributed by atoms with Gasteiger partial charge in [-0.2, -0.15) is 13.2 Å². The van der Waals surface area contributed by atoms with E-state index in [4.69, 9.17) is 4.74 Å². The van der Waals surface area contributed by atoms with Crippen LogP contribution in [0.2, 0.25) is 0 Å². The molecule has 2 saturated heterocycles. The molecule has 6 rings (SSSR count). The minimum atomic E-state index is -4.57. The monoisotopic (exact) mass is 583 g/mol. The highest BCUT2D eigenvalue weighted by Gasteiger charge is 2.47. The summed E-state index contributed by atoms with van der Waals surface area (Å²) in [6.45, 7) is 10.5. The van der Waals surface area contributed by atoms with Crippen molar-refractivity contribution < 1.29 is 27.5 Å². The zero-order valence-corrected chi connectivity index (χ0v) is 24.6. The highest BCUT2D eigenvalue weighted by molar-refractivity contribution is 6.10. The maximum absolute atomic E-state index is 14.4. The van der Waals surface area contributed by atoms with E-state index >= 15 is 0 Å². The second-order valence-corrected chi connectivity index (χ2v) is 12.6. The molecule has 11 heteroatoms. The molecule has 1 unspecified atom stereocenters. The number of carbonyl (C=O) groups is 1. The summed E-state index contributed by atoms with van der Waals surface area (Å²) >= 11 is 0. The number of benzene rings is 2. The van der Waals surface area contributed by atoms with E-state index in [1.165, 1.54) is 11.0 Å². The van der Waals surface area contributed by atoms with Gasteiger partial charge in [0.05, 0.1) is 25.3 Å². The van der Waals surface area contributed by atoms with Crippen molar-refractivity contribution >= 4 is 17.8 Å². The number of nitrogens with zero attached hydrogens (tertiary/aromatic N) is 6. The zero-order valence-electron chi connectivity index (χ0n) is 24.6. The summed E-state index contributed by atoms with van der Waals surface area (Å²) in [5, 5.41) is 8.86. The van der Waals surface area contributed by atoms with Gasteiger partial charge in [-0.25, -0.2) is 0 Å². The minimum Gasteiger partial charge on any atom is -0.379 e. The van der Waals surface area contributed by atoms with Gasteiger partial charge < -0.3 is 14.5 Å². The van der Waals surface area contributed by atoms with E-state index in [1.807, 2.05) is 25.1 Å².